The number of ether oxygens (including phenoxy) is 3. The van der Waals surface area contributed by atoms with E-state index < -0.39 is 29.5 Å². The van der Waals surface area contributed by atoms with Gasteiger partial charge in [-0.05, 0) is 38.8 Å². The van der Waals surface area contributed by atoms with Gasteiger partial charge in [0.25, 0.3) is 0 Å². The number of hydrogen-bond donors (Lipinski definition) is 0. The summed E-state index contributed by atoms with van der Waals surface area (Å²) in [4.78, 5) is 18.0. The molecular weight excluding hydrogens is 377 g/mol. The summed E-state index contributed by atoms with van der Waals surface area (Å²) < 4.78 is 55.6. The Morgan fingerprint density at radius 3 is 2.57 bits per heavy atom. The Morgan fingerprint density at radius 2 is 2.00 bits per heavy atom. The Labute approximate surface area is 161 Å². The Kier molecular flexibility index (Phi) is 5.31. The van der Waals surface area contributed by atoms with Crippen molar-refractivity contribution in [1.82, 2.24) is 9.88 Å². The highest BCUT2D eigenvalue weighted by molar-refractivity contribution is 5.76. The van der Waals surface area contributed by atoms with Crippen molar-refractivity contribution in [3.8, 4) is 5.88 Å². The average Bonchev–Trinajstić information content (AvgIpc) is 2.57. The van der Waals surface area contributed by atoms with Crippen LogP contribution in [0, 0.1) is 0 Å². The van der Waals surface area contributed by atoms with Crippen LogP contribution in [0.1, 0.15) is 38.3 Å². The zero-order valence-electron chi connectivity index (χ0n) is 16.2. The number of carbonyl (C=O) groups is 1. The van der Waals surface area contributed by atoms with Crippen molar-refractivity contribution in [3.63, 3.8) is 0 Å². The van der Waals surface area contributed by atoms with Gasteiger partial charge in [-0.15, -0.1) is 0 Å². The van der Waals surface area contributed by atoms with Gasteiger partial charge < -0.3 is 14.2 Å². The second kappa shape index (κ2) is 7.27. The second-order valence-electron chi connectivity index (χ2n) is 7.82. The number of methoxy groups -OCH3 is 1. The third-order valence-electron chi connectivity index (χ3n) is 4.52. The Hall–Kier alpha value is -2.29. The molecule has 2 atom stereocenters. The number of rotatable bonds is 2. The van der Waals surface area contributed by atoms with Gasteiger partial charge in [-0.3, -0.25) is 4.90 Å². The molecule has 2 aliphatic heterocycles. The molecule has 0 spiro atoms. The number of nitrogens with zero attached hydrogens (tertiary/aromatic N) is 2. The van der Waals surface area contributed by atoms with Crippen molar-refractivity contribution >= 4 is 11.7 Å². The summed E-state index contributed by atoms with van der Waals surface area (Å²) in [6, 6.07) is 0.265. The van der Waals surface area contributed by atoms with Crippen LogP contribution in [0.15, 0.2) is 18.3 Å². The average molecular weight is 400 g/mol. The van der Waals surface area contributed by atoms with Crippen LogP contribution in [0.3, 0.4) is 0 Å². The molecule has 1 fully saturated rings. The number of alkyl halides is 3. The predicted octanol–water partition coefficient (Wildman–Crippen LogP) is 3.90. The van der Waals surface area contributed by atoms with Gasteiger partial charge >= 0.3 is 12.3 Å². The molecule has 3 rings (SSSR count). The van der Waals surface area contributed by atoms with Crippen LogP contribution in [0.4, 0.5) is 18.0 Å². The highest BCUT2D eigenvalue weighted by atomic mass is 19.4. The van der Waals surface area contributed by atoms with E-state index in [1.165, 1.54) is 7.11 Å². The van der Waals surface area contributed by atoms with Crippen LogP contribution in [-0.4, -0.2) is 54.0 Å². The van der Waals surface area contributed by atoms with Crippen molar-refractivity contribution in [3.05, 3.63) is 29.5 Å². The van der Waals surface area contributed by atoms with Gasteiger partial charge in [0, 0.05) is 11.8 Å². The van der Waals surface area contributed by atoms with E-state index in [4.69, 9.17) is 14.2 Å². The van der Waals surface area contributed by atoms with E-state index >= 15 is 0 Å². The molecule has 0 aliphatic carbocycles. The normalized spacial score (nSPS) is 22.5. The summed E-state index contributed by atoms with van der Waals surface area (Å²) in [7, 11) is 1.36. The van der Waals surface area contributed by atoms with Crippen LogP contribution in [-0.2, 0) is 15.7 Å². The van der Waals surface area contributed by atoms with Crippen molar-refractivity contribution in [1.29, 1.82) is 0 Å². The van der Waals surface area contributed by atoms with Gasteiger partial charge in [-0.25, -0.2) is 9.78 Å². The zero-order chi connectivity index (χ0) is 20.7. The quantitative estimate of drug-likeness (QED) is 0.754. The Balaban J connectivity index is 1.96. The lowest BCUT2D eigenvalue weighted by Crippen LogP contribution is -2.57. The molecule has 1 amide bonds. The first-order valence-corrected chi connectivity index (χ1v) is 8.91. The number of hydrogen-bond acceptors (Lipinski definition) is 5. The molecule has 1 aromatic heterocycles. The lowest BCUT2D eigenvalue weighted by molar-refractivity contribution is -0.137. The minimum absolute atomic E-state index is 0.115. The van der Waals surface area contributed by atoms with E-state index in [9.17, 15) is 18.0 Å². The second-order valence-corrected chi connectivity index (χ2v) is 7.82. The standard InChI is InChI=1S/C19H23F3N2O4/c1-18(2,3)28-17(25)24-13-5-11(6-14(24)10-27-9-13)15-7-12(19(20,21)22)8-23-16(15)26-4/h5,7-8,13-14H,6,9-10H2,1-4H3. The lowest BCUT2D eigenvalue weighted by atomic mass is 9.90. The molecule has 0 saturated carbocycles. The van der Waals surface area contributed by atoms with E-state index in [-0.39, 0.29) is 30.7 Å². The number of pyridine rings is 1. The van der Waals surface area contributed by atoms with Gasteiger partial charge in [0.1, 0.15) is 5.60 Å². The largest absolute Gasteiger partial charge is 0.481 e. The van der Waals surface area contributed by atoms with Crippen molar-refractivity contribution in [2.24, 2.45) is 0 Å². The van der Waals surface area contributed by atoms with Crippen molar-refractivity contribution in [2.45, 2.75) is 51.1 Å². The fourth-order valence-corrected chi connectivity index (χ4v) is 3.39. The maximum Gasteiger partial charge on any atom is 0.417 e. The molecule has 28 heavy (non-hydrogen) atoms. The minimum atomic E-state index is -4.51. The first kappa shape index (κ1) is 20.4. The maximum atomic E-state index is 13.1. The Morgan fingerprint density at radius 1 is 1.29 bits per heavy atom. The van der Waals surface area contributed by atoms with Gasteiger partial charge in [-0.1, -0.05) is 6.08 Å². The first-order valence-electron chi connectivity index (χ1n) is 8.91. The summed E-state index contributed by atoms with van der Waals surface area (Å²) in [6.07, 6.45) is -2.17. The third kappa shape index (κ3) is 4.24. The molecule has 9 heteroatoms. The monoisotopic (exact) mass is 400 g/mol. The van der Waals surface area contributed by atoms with Crippen LogP contribution < -0.4 is 4.74 Å². The molecule has 154 valence electrons. The number of aromatic nitrogens is 1. The van der Waals surface area contributed by atoms with E-state index in [1.807, 2.05) is 0 Å². The smallest absolute Gasteiger partial charge is 0.417 e. The van der Waals surface area contributed by atoms with E-state index in [2.05, 4.69) is 4.98 Å². The maximum absolute atomic E-state index is 13.1. The number of fused-ring (bicyclic) bond motifs is 2. The molecule has 3 heterocycles. The van der Waals surface area contributed by atoms with Crippen LogP contribution in [0.2, 0.25) is 0 Å². The van der Waals surface area contributed by atoms with Crippen LogP contribution in [0.5, 0.6) is 5.88 Å². The number of amides is 1. The van der Waals surface area contributed by atoms with Gasteiger partial charge in [-0.2, -0.15) is 13.2 Å². The minimum Gasteiger partial charge on any atom is -0.481 e. The SMILES string of the molecule is COc1ncc(C(F)(F)F)cc1C1=CC2COCC(C1)N2C(=O)OC(C)(C)C. The van der Waals surface area contributed by atoms with E-state index in [0.717, 1.165) is 12.3 Å². The molecule has 2 aliphatic rings. The summed E-state index contributed by atoms with van der Waals surface area (Å²) in [5.41, 5.74) is -0.573. The lowest BCUT2D eigenvalue weighted by Gasteiger charge is -2.44. The number of morpholine rings is 1. The summed E-state index contributed by atoms with van der Waals surface area (Å²) in [5.74, 6) is 0.115. The topological polar surface area (TPSA) is 60.9 Å². The van der Waals surface area contributed by atoms with Gasteiger partial charge in [0.05, 0.1) is 38.0 Å². The fraction of sp³-hybridized carbons (Fsp3) is 0.579. The molecule has 0 N–H and O–H groups in total. The van der Waals surface area contributed by atoms with Crippen molar-refractivity contribution < 1.29 is 32.2 Å². The molecule has 1 aromatic rings. The van der Waals surface area contributed by atoms with Crippen LogP contribution >= 0.6 is 0 Å². The fourth-order valence-electron chi connectivity index (χ4n) is 3.39. The van der Waals surface area contributed by atoms with E-state index in [1.54, 1.807) is 31.7 Å². The highest BCUT2D eigenvalue weighted by Crippen LogP contribution is 2.39. The molecule has 0 radical (unpaired) electrons. The van der Waals surface area contributed by atoms with Gasteiger partial charge in [0.15, 0.2) is 0 Å². The summed E-state index contributed by atoms with van der Waals surface area (Å²) >= 11 is 0. The predicted molar refractivity (Wildman–Crippen MR) is 94.9 cm³/mol. The Bertz CT molecular complexity index is 786. The zero-order valence-corrected chi connectivity index (χ0v) is 16.2. The first-order chi connectivity index (χ1) is 13.0. The number of carbonyl (C=O) groups excluding carboxylic acids is 1. The highest BCUT2D eigenvalue weighted by Gasteiger charge is 2.41. The summed E-state index contributed by atoms with van der Waals surface area (Å²) in [5, 5.41) is 0. The van der Waals surface area contributed by atoms with E-state index in [0.29, 0.717) is 12.0 Å². The molecule has 0 aromatic carbocycles. The molecule has 6 nitrogen and oxygen atoms in total. The molecule has 2 unspecified atom stereocenters. The third-order valence-corrected chi connectivity index (χ3v) is 4.52. The molecule has 2 bridgehead atoms. The molecule has 1 saturated heterocycles. The molecular formula is C19H23F3N2O4. The number of halogens is 3. The van der Waals surface area contributed by atoms with Crippen LogP contribution in [0.25, 0.3) is 5.57 Å². The van der Waals surface area contributed by atoms with Crippen molar-refractivity contribution in [2.75, 3.05) is 20.3 Å². The summed E-state index contributed by atoms with van der Waals surface area (Å²) in [6.45, 7) is 5.86. The van der Waals surface area contributed by atoms with Gasteiger partial charge in [0.2, 0.25) is 5.88 Å².